The molecule has 0 atom stereocenters. The number of amides is 1. The average molecular weight is 378 g/mol. The highest BCUT2D eigenvalue weighted by molar-refractivity contribution is 9.10. The van der Waals surface area contributed by atoms with Gasteiger partial charge in [-0.05, 0) is 35.1 Å². The van der Waals surface area contributed by atoms with Crippen molar-refractivity contribution >= 4 is 44.8 Å². The van der Waals surface area contributed by atoms with Gasteiger partial charge in [-0.25, -0.2) is 0 Å². The molecule has 7 heteroatoms. The van der Waals surface area contributed by atoms with Gasteiger partial charge in [0.05, 0.1) is 15.7 Å². The molecule has 3 heterocycles. The Balaban J connectivity index is 1.83. The lowest BCUT2D eigenvalue weighted by Gasteiger charge is -2.45. The fourth-order valence-electron chi connectivity index (χ4n) is 3.32. The standard InChI is InChI=1S/C16H16BrN3O3/c1-20-4-2-16(3-5-20)18-14-11(15(22)19-16)7-12-10(13(14)17)6-9(8-21)23-12/h6-8,18H,2-5H2,1H3,(H,19,22). The first-order valence-corrected chi connectivity index (χ1v) is 8.31. The highest BCUT2D eigenvalue weighted by Crippen LogP contribution is 2.41. The molecule has 1 spiro atoms. The molecular weight excluding hydrogens is 362 g/mol. The molecule has 1 saturated heterocycles. The Bertz CT molecular complexity index is 822. The molecule has 2 aliphatic heterocycles. The number of nitrogens with one attached hydrogen (secondary N) is 2. The van der Waals surface area contributed by atoms with E-state index >= 15 is 0 Å². The molecule has 0 unspecified atom stereocenters. The molecule has 0 bridgehead atoms. The Labute approximate surface area is 141 Å². The summed E-state index contributed by atoms with van der Waals surface area (Å²) in [6.45, 7) is 1.84. The Morgan fingerprint density at radius 1 is 1.30 bits per heavy atom. The summed E-state index contributed by atoms with van der Waals surface area (Å²) in [6.07, 6.45) is 2.34. The number of carbonyl (C=O) groups excluding carboxylic acids is 2. The van der Waals surface area contributed by atoms with E-state index in [2.05, 4.69) is 38.5 Å². The zero-order chi connectivity index (χ0) is 16.2. The van der Waals surface area contributed by atoms with Crippen LogP contribution in [0.2, 0.25) is 0 Å². The van der Waals surface area contributed by atoms with E-state index in [1.807, 2.05) is 0 Å². The number of aldehydes is 1. The Morgan fingerprint density at radius 2 is 2.04 bits per heavy atom. The molecular formula is C16H16BrN3O3. The normalized spacial score (nSPS) is 20.2. The fourth-order valence-corrected chi connectivity index (χ4v) is 3.95. The zero-order valence-electron chi connectivity index (χ0n) is 12.6. The van der Waals surface area contributed by atoms with E-state index in [4.69, 9.17) is 4.42 Å². The minimum absolute atomic E-state index is 0.116. The van der Waals surface area contributed by atoms with Crippen LogP contribution in [0.15, 0.2) is 21.0 Å². The molecule has 6 nitrogen and oxygen atoms in total. The van der Waals surface area contributed by atoms with Gasteiger partial charge < -0.3 is 20.0 Å². The maximum absolute atomic E-state index is 12.6. The summed E-state index contributed by atoms with van der Waals surface area (Å²) in [5.41, 5.74) is 1.41. The van der Waals surface area contributed by atoms with Gasteiger partial charge in [0.1, 0.15) is 11.2 Å². The predicted molar refractivity (Wildman–Crippen MR) is 89.9 cm³/mol. The molecule has 1 aromatic carbocycles. The van der Waals surface area contributed by atoms with E-state index in [1.165, 1.54) is 0 Å². The van der Waals surface area contributed by atoms with Crippen LogP contribution in [0.3, 0.4) is 0 Å². The number of benzene rings is 1. The van der Waals surface area contributed by atoms with Gasteiger partial charge in [-0.1, -0.05) is 0 Å². The molecule has 0 saturated carbocycles. The first kappa shape index (κ1) is 14.7. The first-order valence-electron chi connectivity index (χ1n) is 7.52. The molecule has 4 rings (SSSR count). The monoisotopic (exact) mass is 377 g/mol. The van der Waals surface area contributed by atoms with Crippen LogP contribution in [0.25, 0.3) is 11.0 Å². The van der Waals surface area contributed by atoms with Crippen LogP contribution >= 0.6 is 15.9 Å². The first-order chi connectivity index (χ1) is 11.0. The van der Waals surface area contributed by atoms with Gasteiger partial charge in [-0.3, -0.25) is 9.59 Å². The minimum atomic E-state index is -0.413. The second-order valence-electron chi connectivity index (χ2n) is 6.26. The summed E-state index contributed by atoms with van der Waals surface area (Å²) in [4.78, 5) is 25.8. The Kier molecular flexibility index (Phi) is 3.24. The van der Waals surface area contributed by atoms with Gasteiger partial charge in [-0.15, -0.1) is 0 Å². The van der Waals surface area contributed by atoms with Gasteiger partial charge in [-0.2, -0.15) is 0 Å². The van der Waals surface area contributed by atoms with Gasteiger partial charge in [0.15, 0.2) is 12.0 Å². The second-order valence-corrected chi connectivity index (χ2v) is 7.05. The summed E-state index contributed by atoms with van der Waals surface area (Å²) in [6, 6.07) is 3.37. The number of furan rings is 1. The van der Waals surface area contributed by atoms with Gasteiger partial charge in [0, 0.05) is 31.3 Å². The SMILES string of the molecule is CN1CCC2(CC1)NC(=O)c1cc3oc(C=O)cc3c(Br)c1N2. The zero-order valence-corrected chi connectivity index (χ0v) is 14.2. The molecule has 120 valence electrons. The number of carbonyl (C=O) groups is 2. The van der Waals surface area contributed by atoms with Crippen molar-refractivity contribution in [3.05, 3.63) is 27.9 Å². The van der Waals surface area contributed by atoms with Crippen molar-refractivity contribution in [3.8, 4) is 0 Å². The molecule has 2 aliphatic rings. The van der Waals surface area contributed by atoms with Crippen molar-refractivity contribution < 1.29 is 14.0 Å². The van der Waals surface area contributed by atoms with Gasteiger partial charge >= 0.3 is 0 Å². The topological polar surface area (TPSA) is 74.6 Å². The van der Waals surface area contributed by atoms with E-state index in [9.17, 15) is 9.59 Å². The number of rotatable bonds is 1. The van der Waals surface area contributed by atoms with Crippen LogP contribution in [0, 0.1) is 0 Å². The molecule has 1 fully saturated rings. The predicted octanol–water partition coefficient (Wildman–Crippen LogP) is 2.59. The van der Waals surface area contributed by atoms with Crippen LogP contribution in [0.1, 0.15) is 33.8 Å². The second kappa shape index (κ2) is 5.07. The van der Waals surface area contributed by atoms with Crippen LogP contribution in [-0.4, -0.2) is 42.9 Å². The number of hydrogen-bond acceptors (Lipinski definition) is 5. The lowest BCUT2D eigenvalue weighted by molar-refractivity contribution is 0.0845. The highest BCUT2D eigenvalue weighted by Gasteiger charge is 2.40. The maximum Gasteiger partial charge on any atom is 0.255 e. The minimum Gasteiger partial charge on any atom is -0.453 e. The lowest BCUT2D eigenvalue weighted by atomic mass is 9.92. The van der Waals surface area contributed by atoms with Gasteiger partial charge in [0.25, 0.3) is 5.91 Å². The van der Waals surface area contributed by atoms with E-state index < -0.39 is 5.66 Å². The lowest BCUT2D eigenvalue weighted by Crippen LogP contribution is -2.62. The smallest absolute Gasteiger partial charge is 0.255 e. The van der Waals surface area contributed by atoms with Crippen molar-refractivity contribution in [2.75, 3.05) is 25.5 Å². The van der Waals surface area contributed by atoms with Crippen molar-refractivity contribution in [1.82, 2.24) is 10.2 Å². The van der Waals surface area contributed by atoms with Crippen LogP contribution in [0.5, 0.6) is 0 Å². The van der Waals surface area contributed by atoms with E-state index in [1.54, 1.807) is 12.1 Å². The van der Waals surface area contributed by atoms with Crippen molar-refractivity contribution in [1.29, 1.82) is 0 Å². The third-order valence-corrected chi connectivity index (χ3v) is 5.52. The molecule has 0 radical (unpaired) electrons. The molecule has 2 N–H and O–H groups in total. The van der Waals surface area contributed by atoms with E-state index in [0.717, 1.165) is 41.5 Å². The molecule has 1 aromatic heterocycles. The third-order valence-electron chi connectivity index (χ3n) is 4.70. The summed E-state index contributed by atoms with van der Waals surface area (Å²) in [7, 11) is 2.08. The quantitative estimate of drug-likeness (QED) is 0.747. The van der Waals surface area contributed by atoms with Crippen molar-refractivity contribution in [2.24, 2.45) is 0 Å². The van der Waals surface area contributed by atoms with Crippen molar-refractivity contribution in [3.63, 3.8) is 0 Å². The maximum atomic E-state index is 12.6. The molecule has 0 aliphatic carbocycles. The number of anilines is 1. The summed E-state index contributed by atoms with van der Waals surface area (Å²) < 4.78 is 6.21. The number of hydrogen-bond donors (Lipinski definition) is 2. The number of piperidine rings is 1. The van der Waals surface area contributed by atoms with E-state index in [0.29, 0.717) is 17.4 Å². The summed E-state index contributed by atoms with van der Waals surface area (Å²) in [5, 5.41) is 7.42. The third kappa shape index (κ3) is 2.26. The molecule has 2 aromatic rings. The highest BCUT2D eigenvalue weighted by atomic mass is 79.9. The Morgan fingerprint density at radius 3 is 2.74 bits per heavy atom. The Hall–Kier alpha value is -1.86. The summed E-state index contributed by atoms with van der Waals surface area (Å²) >= 11 is 3.57. The number of fused-ring (bicyclic) bond motifs is 2. The van der Waals surface area contributed by atoms with Crippen molar-refractivity contribution in [2.45, 2.75) is 18.5 Å². The number of halogens is 1. The van der Waals surface area contributed by atoms with Crippen LogP contribution < -0.4 is 10.6 Å². The largest absolute Gasteiger partial charge is 0.453 e. The summed E-state index contributed by atoms with van der Waals surface area (Å²) in [5.74, 6) is 0.132. The number of likely N-dealkylation sites (tertiary alicyclic amines) is 1. The van der Waals surface area contributed by atoms with Gasteiger partial charge in [0.2, 0.25) is 0 Å². The fraction of sp³-hybridized carbons (Fsp3) is 0.375. The van der Waals surface area contributed by atoms with E-state index in [-0.39, 0.29) is 11.7 Å². The molecule has 1 amide bonds. The van der Waals surface area contributed by atoms with Crippen LogP contribution in [0.4, 0.5) is 5.69 Å². The average Bonchev–Trinajstić information content (AvgIpc) is 2.96. The van der Waals surface area contributed by atoms with Crippen LogP contribution in [-0.2, 0) is 0 Å². The molecule has 23 heavy (non-hydrogen) atoms. The number of nitrogens with zero attached hydrogens (tertiary/aromatic N) is 1.